The van der Waals surface area contributed by atoms with Crippen LogP contribution in [-0.4, -0.2) is 47.0 Å². The number of halogens is 2. The number of allylic oxidation sites excluding steroid dienone is 3. The highest BCUT2D eigenvalue weighted by molar-refractivity contribution is 6.37. The second kappa shape index (κ2) is 9.71. The highest BCUT2D eigenvalue weighted by atomic mass is 35.5. The molecule has 2 heterocycles. The number of alkyl halides is 1. The summed E-state index contributed by atoms with van der Waals surface area (Å²) in [6.45, 7) is 1.68. The van der Waals surface area contributed by atoms with Gasteiger partial charge >= 0.3 is 5.97 Å². The van der Waals surface area contributed by atoms with E-state index in [-0.39, 0.29) is 22.6 Å². The molecule has 0 aliphatic heterocycles. The molecule has 4 aromatic rings. The Morgan fingerprint density at radius 2 is 1.83 bits per heavy atom. The fourth-order valence-electron chi connectivity index (χ4n) is 5.53. The molecule has 3 atom stereocenters. The Labute approximate surface area is 244 Å². The van der Waals surface area contributed by atoms with Crippen molar-refractivity contribution in [1.29, 1.82) is 0 Å². The first-order valence-corrected chi connectivity index (χ1v) is 13.7. The fourth-order valence-corrected chi connectivity index (χ4v) is 6.24. The molecule has 0 radical (unpaired) electrons. The van der Waals surface area contributed by atoms with Crippen molar-refractivity contribution in [3.05, 3.63) is 99.6 Å². The minimum atomic E-state index is -1.50. The Bertz CT molecular complexity index is 1850. The van der Waals surface area contributed by atoms with Crippen LogP contribution in [0.5, 0.6) is 0 Å². The van der Waals surface area contributed by atoms with Gasteiger partial charge in [0.2, 0.25) is 0 Å². The van der Waals surface area contributed by atoms with E-state index < -0.39 is 28.2 Å². The molecule has 11 heteroatoms. The highest BCUT2D eigenvalue weighted by Crippen LogP contribution is 2.52. The Hall–Kier alpha value is -4.21. The number of hydrogen-bond donors (Lipinski definition) is 2. The van der Waals surface area contributed by atoms with Crippen LogP contribution in [0, 0.1) is 0 Å². The lowest BCUT2D eigenvalue weighted by Gasteiger charge is -2.28. The van der Waals surface area contributed by atoms with E-state index in [0.29, 0.717) is 28.8 Å². The lowest BCUT2D eigenvalue weighted by atomic mass is 9.91. The molecule has 2 aliphatic carbocycles. The smallest absolute Gasteiger partial charge is 0.330 e. The third-order valence-corrected chi connectivity index (χ3v) is 8.51. The van der Waals surface area contributed by atoms with E-state index in [1.807, 2.05) is 24.3 Å². The van der Waals surface area contributed by atoms with Gasteiger partial charge in [0.15, 0.2) is 0 Å². The Balaban J connectivity index is 1.33. The molecule has 208 valence electrons. The molecule has 3 unspecified atom stereocenters. The molecule has 1 saturated carbocycles. The number of rotatable bonds is 6. The molecule has 1 amide bonds. The number of carboxylic acid groups (broad SMARTS) is 1. The lowest BCUT2D eigenvalue weighted by molar-refractivity contribution is -0.142. The molecular formula is C30H25Cl2N5O4. The zero-order valence-electron chi connectivity index (χ0n) is 22.1. The summed E-state index contributed by atoms with van der Waals surface area (Å²) >= 11 is 12.8. The quantitative estimate of drug-likeness (QED) is 0.316. The second-order valence-electron chi connectivity index (χ2n) is 10.6. The van der Waals surface area contributed by atoms with Crippen molar-refractivity contribution < 1.29 is 14.7 Å². The van der Waals surface area contributed by atoms with E-state index in [2.05, 4.69) is 15.5 Å². The summed E-state index contributed by atoms with van der Waals surface area (Å²) in [6, 6.07) is 14.8. The average molecular weight is 590 g/mol. The Kier molecular flexibility index (Phi) is 6.39. The van der Waals surface area contributed by atoms with E-state index >= 15 is 0 Å². The third kappa shape index (κ3) is 4.45. The van der Waals surface area contributed by atoms with Gasteiger partial charge in [-0.05, 0) is 43.0 Å². The number of amides is 1. The number of fused-ring (bicyclic) bond motifs is 1. The van der Waals surface area contributed by atoms with Crippen molar-refractivity contribution in [3.8, 4) is 16.8 Å². The topological polar surface area (TPSA) is 119 Å². The Morgan fingerprint density at radius 3 is 2.54 bits per heavy atom. The number of hydrogen-bond acceptors (Lipinski definition) is 5. The predicted octanol–water partition coefficient (Wildman–Crippen LogP) is 4.66. The number of nitrogens with one attached hydrogen (secondary N) is 1. The van der Waals surface area contributed by atoms with E-state index in [0.717, 1.165) is 10.9 Å². The normalized spacial score (nSPS) is 23.6. The molecule has 41 heavy (non-hydrogen) atoms. The van der Waals surface area contributed by atoms with Crippen LogP contribution in [0.2, 0.25) is 0 Å². The zero-order valence-corrected chi connectivity index (χ0v) is 23.6. The molecule has 1 fully saturated rings. The number of nitrogens with zero attached hydrogens (tertiary/aromatic N) is 4. The molecule has 9 nitrogen and oxygen atoms in total. The molecule has 6 rings (SSSR count). The maximum absolute atomic E-state index is 13.3. The summed E-state index contributed by atoms with van der Waals surface area (Å²) in [5.74, 6) is -2.22. The standard InChI is InChI=1S/C30H25Cl2N5O4/c1-29(32)13-5-7-21(31)25(29)26(38)35-30(28(40)41)14-20(30)17-9-11-18(12-10-17)24-23(16-33-36(2)27(24)39)37-22-8-4-3-6-19(22)15-34-37/h3-12,15-16,20H,13-14H2,1-2H3,(H,35,38)(H,40,41). The van der Waals surface area contributed by atoms with E-state index in [4.69, 9.17) is 23.2 Å². The molecule has 0 spiro atoms. The fraction of sp³-hybridized carbons (Fsp3) is 0.233. The van der Waals surface area contributed by atoms with Crippen LogP contribution in [0.15, 0.2) is 88.5 Å². The number of benzene rings is 2. The summed E-state index contributed by atoms with van der Waals surface area (Å²) in [5, 5.41) is 22.7. The van der Waals surface area contributed by atoms with Gasteiger partial charge in [0, 0.05) is 18.4 Å². The predicted molar refractivity (Wildman–Crippen MR) is 156 cm³/mol. The van der Waals surface area contributed by atoms with Crippen molar-refractivity contribution in [1.82, 2.24) is 24.9 Å². The van der Waals surface area contributed by atoms with Crippen LogP contribution in [0.3, 0.4) is 0 Å². The van der Waals surface area contributed by atoms with Crippen LogP contribution in [-0.2, 0) is 16.6 Å². The van der Waals surface area contributed by atoms with Gasteiger partial charge in [0.25, 0.3) is 11.5 Å². The number of para-hydroxylation sites is 1. The summed E-state index contributed by atoms with van der Waals surface area (Å²) in [5.41, 5.74) is 1.45. The summed E-state index contributed by atoms with van der Waals surface area (Å²) in [4.78, 5) is 37.9. The summed E-state index contributed by atoms with van der Waals surface area (Å²) in [7, 11) is 1.58. The zero-order chi connectivity index (χ0) is 29.1. The van der Waals surface area contributed by atoms with E-state index in [1.54, 1.807) is 67.5 Å². The van der Waals surface area contributed by atoms with Crippen LogP contribution < -0.4 is 10.9 Å². The van der Waals surface area contributed by atoms with Crippen LogP contribution in [0.4, 0.5) is 0 Å². The monoisotopic (exact) mass is 589 g/mol. The molecule has 2 aliphatic rings. The molecule has 0 bridgehead atoms. The van der Waals surface area contributed by atoms with Crippen LogP contribution in [0.25, 0.3) is 27.7 Å². The van der Waals surface area contributed by atoms with Crippen molar-refractivity contribution in [3.63, 3.8) is 0 Å². The van der Waals surface area contributed by atoms with Gasteiger partial charge in [-0.15, -0.1) is 11.6 Å². The molecule has 2 N–H and O–H groups in total. The largest absolute Gasteiger partial charge is 0.479 e. The molecule has 0 saturated heterocycles. The van der Waals surface area contributed by atoms with Gasteiger partial charge in [-0.25, -0.2) is 14.2 Å². The van der Waals surface area contributed by atoms with Gasteiger partial charge in [0.05, 0.1) is 44.6 Å². The minimum absolute atomic E-state index is 0.150. The van der Waals surface area contributed by atoms with Gasteiger partial charge in [0.1, 0.15) is 5.54 Å². The number of carbonyl (C=O) groups excluding carboxylic acids is 1. The van der Waals surface area contributed by atoms with E-state index in [9.17, 15) is 19.5 Å². The number of carbonyl (C=O) groups is 2. The first kappa shape index (κ1) is 27.0. The van der Waals surface area contributed by atoms with Gasteiger partial charge in [-0.2, -0.15) is 10.2 Å². The van der Waals surface area contributed by atoms with Gasteiger partial charge in [-0.3, -0.25) is 9.59 Å². The minimum Gasteiger partial charge on any atom is -0.479 e. The molecular weight excluding hydrogens is 565 g/mol. The van der Waals surface area contributed by atoms with Crippen molar-refractivity contribution >= 4 is 46.0 Å². The number of aliphatic carboxylic acids is 1. The molecule has 2 aromatic heterocycles. The second-order valence-corrected chi connectivity index (χ2v) is 11.8. The first-order chi connectivity index (χ1) is 19.5. The third-order valence-electron chi connectivity index (χ3n) is 7.86. The number of aryl methyl sites for hydroxylation is 1. The average Bonchev–Trinajstić information content (AvgIpc) is 3.50. The molecule has 2 aromatic carbocycles. The van der Waals surface area contributed by atoms with Crippen molar-refractivity contribution in [2.75, 3.05) is 0 Å². The van der Waals surface area contributed by atoms with Gasteiger partial charge < -0.3 is 10.4 Å². The number of aromatic nitrogens is 4. The van der Waals surface area contributed by atoms with E-state index in [1.165, 1.54) is 4.68 Å². The van der Waals surface area contributed by atoms with Crippen LogP contribution in [0.1, 0.15) is 31.2 Å². The van der Waals surface area contributed by atoms with Gasteiger partial charge in [-0.1, -0.05) is 60.1 Å². The first-order valence-electron chi connectivity index (χ1n) is 12.9. The van der Waals surface area contributed by atoms with Crippen LogP contribution >= 0.6 is 23.2 Å². The number of carboxylic acids is 1. The maximum atomic E-state index is 13.3. The Morgan fingerprint density at radius 1 is 1.10 bits per heavy atom. The van der Waals surface area contributed by atoms with Crippen molar-refractivity contribution in [2.24, 2.45) is 7.05 Å². The summed E-state index contributed by atoms with van der Waals surface area (Å²) in [6.07, 6.45) is 7.29. The maximum Gasteiger partial charge on any atom is 0.330 e. The SMILES string of the molecule is Cn1ncc(-n2ncc3ccccc32)c(-c2ccc(C3CC3(NC(=O)C3=C(Cl)C=CCC3(C)Cl)C(=O)O)cc2)c1=O. The lowest BCUT2D eigenvalue weighted by Crippen LogP contribution is -2.47. The highest BCUT2D eigenvalue weighted by Gasteiger charge is 2.63. The van der Waals surface area contributed by atoms with Crippen molar-refractivity contribution in [2.45, 2.75) is 36.1 Å². The summed E-state index contributed by atoms with van der Waals surface area (Å²) < 4.78 is 2.94.